The van der Waals surface area contributed by atoms with Gasteiger partial charge in [-0.2, -0.15) is 4.91 Å². The first kappa shape index (κ1) is 19.6. The summed E-state index contributed by atoms with van der Waals surface area (Å²) in [5, 5.41) is 4.24. The highest BCUT2D eigenvalue weighted by Crippen LogP contribution is 2.31. The van der Waals surface area contributed by atoms with Crippen LogP contribution in [-0.2, 0) is 11.2 Å². The Morgan fingerprint density at radius 2 is 1.96 bits per heavy atom. The van der Waals surface area contributed by atoms with Gasteiger partial charge in [0.2, 0.25) is 5.91 Å². The molecule has 3 atom stereocenters. The van der Waals surface area contributed by atoms with Crippen molar-refractivity contribution in [1.82, 2.24) is 9.80 Å². The molecule has 2 aliphatic rings. The fraction of sp³-hybridized carbons (Fsp3) is 0.632. The molecule has 1 aliphatic carbocycles. The molecule has 1 aromatic carbocycles. The van der Waals surface area contributed by atoms with Gasteiger partial charge in [0, 0.05) is 19.1 Å². The van der Waals surface area contributed by atoms with Crippen LogP contribution in [0.4, 0.5) is 0 Å². The fourth-order valence-corrected chi connectivity index (χ4v) is 4.58. The fourth-order valence-electron chi connectivity index (χ4n) is 4.26. The van der Waals surface area contributed by atoms with E-state index in [1.54, 1.807) is 12.1 Å². The van der Waals surface area contributed by atoms with Crippen molar-refractivity contribution in [3.8, 4) is 0 Å². The second kappa shape index (κ2) is 8.68. The smallest absolute Gasteiger partial charge is 0.227 e. The molecule has 0 bridgehead atoms. The lowest BCUT2D eigenvalue weighted by Gasteiger charge is -2.43. The zero-order valence-corrected chi connectivity index (χ0v) is 16.5. The van der Waals surface area contributed by atoms with Crippen LogP contribution in [0.25, 0.3) is 0 Å². The molecule has 2 fully saturated rings. The Morgan fingerprint density at radius 1 is 1.23 bits per heavy atom. The maximum Gasteiger partial charge on any atom is 0.227 e. The van der Waals surface area contributed by atoms with E-state index in [9.17, 15) is 9.70 Å². The van der Waals surface area contributed by atoms with Gasteiger partial charge in [0.05, 0.1) is 22.5 Å². The highest BCUT2D eigenvalue weighted by Gasteiger charge is 2.39. The molecule has 0 spiro atoms. The lowest BCUT2D eigenvalue weighted by molar-refractivity contribution is -0.133. The highest BCUT2D eigenvalue weighted by molar-refractivity contribution is 6.42. The van der Waals surface area contributed by atoms with Crippen molar-refractivity contribution in [2.75, 3.05) is 20.1 Å². The first-order valence-electron chi connectivity index (χ1n) is 9.25. The minimum Gasteiger partial charge on any atom is -0.341 e. The van der Waals surface area contributed by atoms with Crippen molar-refractivity contribution >= 4 is 29.1 Å². The van der Waals surface area contributed by atoms with Crippen LogP contribution in [0.5, 0.6) is 0 Å². The number of carbonyl (C=O) groups is 1. The molecule has 3 unspecified atom stereocenters. The van der Waals surface area contributed by atoms with E-state index in [-0.39, 0.29) is 24.0 Å². The first-order chi connectivity index (χ1) is 12.5. The number of hydrogen-bond donors (Lipinski definition) is 0. The average Bonchev–Trinajstić information content (AvgIpc) is 3.18. The van der Waals surface area contributed by atoms with Crippen molar-refractivity contribution in [2.24, 2.45) is 5.18 Å². The molecule has 0 N–H and O–H groups in total. The lowest BCUT2D eigenvalue weighted by atomic mass is 9.85. The minimum atomic E-state index is -0.129. The van der Waals surface area contributed by atoms with Crippen molar-refractivity contribution in [3.05, 3.63) is 38.7 Å². The summed E-state index contributed by atoms with van der Waals surface area (Å²) in [6.07, 6.45) is 4.99. The molecule has 1 amide bonds. The number of hydrogen-bond acceptors (Lipinski definition) is 4. The molecule has 142 valence electrons. The molecular formula is C19H25Cl2N3O2. The van der Waals surface area contributed by atoms with E-state index in [2.05, 4.69) is 10.1 Å². The summed E-state index contributed by atoms with van der Waals surface area (Å²) in [5.41, 5.74) is 0.859. The molecule has 0 radical (unpaired) electrons. The molecule has 1 aliphatic heterocycles. The number of rotatable bonds is 5. The Kier molecular flexibility index (Phi) is 6.54. The van der Waals surface area contributed by atoms with Crippen molar-refractivity contribution in [2.45, 2.75) is 56.7 Å². The van der Waals surface area contributed by atoms with Gasteiger partial charge < -0.3 is 4.90 Å². The van der Waals surface area contributed by atoms with Gasteiger partial charge in [-0.05, 0) is 62.9 Å². The predicted molar refractivity (Wildman–Crippen MR) is 105 cm³/mol. The van der Waals surface area contributed by atoms with Gasteiger partial charge in [0.15, 0.2) is 0 Å². The molecule has 7 heteroatoms. The quantitative estimate of drug-likeness (QED) is 0.701. The van der Waals surface area contributed by atoms with Gasteiger partial charge in [-0.15, -0.1) is 0 Å². The van der Waals surface area contributed by atoms with E-state index in [1.165, 1.54) is 12.8 Å². The summed E-state index contributed by atoms with van der Waals surface area (Å²) in [6.45, 7) is 2.09. The topological polar surface area (TPSA) is 53.0 Å². The summed E-state index contributed by atoms with van der Waals surface area (Å²) >= 11 is 12.0. The van der Waals surface area contributed by atoms with Crippen LogP contribution in [-0.4, -0.2) is 54.0 Å². The van der Waals surface area contributed by atoms with Crippen LogP contribution < -0.4 is 0 Å². The second-order valence-corrected chi connectivity index (χ2v) is 8.19. The summed E-state index contributed by atoms with van der Waals surface area (Å²) in [5.74, 6) is 0.0649. The maximum absolute atomic E-state index is 12.9. The van der Waals surface area contributed by atoms with Gasteiger partial charge in [-0.1, -0.05) is 34.4 Å². The number of carbonyl (C=O) groups excluding carboxylic acids is 1. The van der Waals surface area contributed by atoms with E-state index in [1.807, 2.05) is 18.0 Å². The van der Waals surface area contributed by atoms with E-state index < -0.39 is 0 Å². The molecular weight excluding hydrogens is 373 g/mol. The largest absolute Gasteiger partial charge is 0.341 e. The van der Waals surface area contributed by atoms with E-state index in [0.717, 1.165) is 37.9 Å². The monoisotopic (exact) mass is 397 g/mol. The van der Waals surface area contributed by atoms with Gasteiger partial charge in [-0.25, -0.2) is 0 Å². The van der Waals surface area contributed by atoms with E-state index in [4.69, 9.17) is 23.2 Å². The summed E-state index contributed by atoms with van der Waals surface area (Å²) in [4.78, 5) is 28.2. The molecule has 1 saturated heterocycles. The lowest BCUT2D eigenvalue weighted by Crippen LogP contribution is -2.55. The van der Waals surface area contributed by atoms with Crippen molar-refractivity contribution in [1.29, 1.82) is 0 Å². The Morgan fingerprint density at radius 3 is 2.62 bits per heavy atom. The zero-order chi connectivity index (χ0) is 18.7. The Hall–Kier alpha value is -1.17. The maximum atomic E-state index is 12.9. The van der Waals surface area contributed by atoms with Crippen LogP contribution in [0.2, 0.25) is 10.0 Å². The Bertz CT molecular complexity index is 664. The predicted octanol–water partition coefficient (Wildman–Crippen LogP) is 4.15. The molecule has 26 heavy (non-hydrogen) atoms. The molecule has 0 aromatic heterocycles. The third kappa shape index (κ3) is 4.38. The number of likely N-dealkylation sites (N-methyl/N-ethyl adjacent to an activating group) is 1. The number of nitroso groups, excluding NO2 is 1. The van der Waals surface area contributed by atoms with Crippen LogP contribution in [0.3, 0.4) is 0 Å². The number of likely N-dealkylation sites (tertiary alicyclic amines) is 1. The van der Waals surface area contributed by atoms with Crippen LogP contribution in [0.15, 0.2) is 23.4 Å². The standard InChI is InChI=1S/C19H25Cl2N3O2/c1-23(19(25)11-13-4-6-15(20)16(21)10-13)17-7-5-14(22-26)12-18(17)24-8-2-3-9-24/h4,6,10,14,17-18H,2-3,5,7-9,11-12H2,1H3. The van der Waals surface area contributed by atoms with Crippen LogP contribution in [0.1, 0.15) is 37.7 Å². The van der Waals surface area contributed by atoms with Gasteiger partial charge >= 0.3 is 0 Å². The molecule has 5 nitrogen and oxygen atoms in total. The third-order valence-electron chi connectivity index (χ3n) is 5.74. The zero-order valence-electron chi connectivity index (χ0n) is 15.0. The Balaban J connectivity index is 1.70. The highest BCUT2D eigenvalue weighted by atomic mass is 35.5. The Labute approximate surface area is 164 Å². The molecule has 3 rings (SSSR count). The van der Waals surface area contributed by atoms with Gasteiger partial charge in [0.1, 0.15) is 0 Å². The van der Waals surface area contributed by atoms with E-state index in [0.29, 0.717) is 16.5 Å². The minimum absolute atomic E-state index is 0.0649. The summed E-state index contributed by atoms with van der Waals surface area (Å²) < 4.78 is 0. The molecule has 1 heterocycles. The third-order valence-corrected chi connectivity index (χ3v) is 6.48. The summed E-state index contributed by atoms with van der Waals surface area (Å²) in [6, 6.07) is 5.53. The first-order valence-corrected chi connectivity index (χ1v) is 10.0. The molecule has 1 aromatic rings. The average molecular weight is 398 g/mol. The number of nitrogens with zero attached hydrogens (tertiary/aromatic N) is 3. The second-order valence-electron chi connectivity index (χ2n) is 7.38. The number of amides is 1. The van der Waals surface area contributed by atoms with E-state index >= 15 is 0 Å². The van der Waals surface area contributed by atoms with Crippen LogP contribution in [0, 0.1) is 4.91 Å². The summed E-state index contributed by atoms with van der Waals surface area (Å²) in [7, 11) is 1.88. The van der Waals surface area contributed by atoms with Crippen molar-refractivity contribution in [3.63, 3.8) is 0 Å². The van der Waals surface area contributed by atoms with Crippen LogP contribution >= 0.6 is 23.2 Å². The number of halogens is 2. The van der Waals surface area contributed by atoms with Crippen molar-refractivity contribution < 1.29 is 4.79 Å². The van der Waals surface area contributed by atoms with Gasteiger partial charge in [-0.3, -0.25) is 9.69 Å². The SMILES string of the molecule is CN(C(=O)Cc1ccc(Cl)c(Cl)c1)C1CCC(N=O)CC1N1CCCC1. The number of benzene rings is 1. The van der Waals surface area contributed by atoms with Gasteiger partial charge in [0.25, 0.3) is 0 Å². The normalized spacial score (nSPS) is 26.7. The molecule has 1 saturated carbocycles.